The molecule has 106 valence electrons. The van der Waals surface area contributed by atoms with Crippen LogP contribution in [-0.2, 0) is 6.42 Å². The monoisotopic (exact) mass is 279 g/mol. The second-order valence-electron chi connectivity index (χ2n) is 4.58. The quantitative estimate of drug-likeness (QED) is 0.833. The molecule has 0 aromatic heterocycles. The highest BCUT2D eigenvalue weighted by Crippen LogP contribution is 2.35. The first-order valence-electron chi connectivity index (χ1n) is 6.48. The van der Waals surface area contributed by atoms with Gasteiger partial charge >= 0.3 is 6.18 Å². The van der Waals surface area contributed by atoms with E-state index >= 15 is 0 Å². The standard InChI is InChI=1S/C16H16F3N/c1-2-12-8-10-14(11-9-12)20-15(16(17,18)19)13-6-4-3-5-7-13/h3-11,15,20H,2H2,1H3. The summed E-state index contributed by atoms with van der Waals surface area (Å²) < 4.78 is 39.5. The minimum absolute atomic E-state index is 0.208. The van der Waals surface area contributed by atoms with Crippen molar-refractivity contribution in [2.45, 2.75) is 25.6 Å². The summed E-state index contributed by atoms with van der Waals surface area (Å²) in [6, 6.07) is 13.2. The van der Waals surface area contributed by atoms with E-state index in [1.165, 1.54) is 12.1 Å². The molecule has 0 saturated carbocycles. The van der Waals surface area contributed by atoms with Crippen LogP contribution in [0.3, 0.4) is 0 Å². The van der Waals surface area contributed by atoms with Gasteiger partial charge in [-0.15, -0.1) is 0 Å². The number of hydrogen-bond acceptors (Lipinski definition) is 1. The van der Waals surface area contributed by atoms with Crippen LogP contribution in [0.5, 0.6) is 0 Å². The van der Waals surface area contributed by atoms with E-state index in [2.05, 4.69) is 5.32 Å². The maximum atomic E-state index is 13.2. The van der Waals surface area contributed by atoms with Gasteiger partial charge < -0.3 is 5.32 Å². The summed E-state index contributed by atoms with van der Waals surface area (Å²) in [5.41, 5.74) is 1.77. The number of halogens is 3. The number of benzene rings is 2. The number of aryl methyl sites for hydroxylation is 1. The fourth-order valence-electron chi connectivity index (χ4n) is 2.00. The largest absolute Gasteiger partial charge is 0.412 e. The smallest absolute Gasteiger partial charge is 0.370 e. The molecule has 0 spiro atoms. The summed E-state index contributed by atoms with van der Waals surface area (Å²) in [6.45, 7) is 2.00. The molecule has 0 aliphatic heterocycles. The molecule has 0 aliphatic rings. The van der Waals surface area contributed by atoms with Gasteiger partial charge in [-0.2, -0.15) is 13.2 Å². The highest BCUT2D eigenvalue weighted by Gasteiger charge is 2.40. The molecule has 1 unspecified atom stereocenters. The first-order valence-corrected chi connectivity index (χ1v) is 6.48. The average Bonchev–Trinajstić information content (AvgIpc) is 2.45. The maximum Gasteiger partial charge on any atom is 0.412 e. The zero-order chi connectivity index (χ0) is 14.6. The number of anilines is 1. The predicted molar refractivity (Wildman–Crippen MR) is 74.7 cm³/mol. The molecule has 0 heterocycles. The zero-order valence-electron chi connectivity index (χ0n) is 11.1. The first-order chi connectivity index (χ1) is 9.50. The van der Waals surface area contributed by atoms with E-state index in [-0.39, 0.29) is 5.56 Å². The van der Waals surface area contributed by atoms with E-state index < -0.39 is 12.2 Å². The van der Waals surface area contributed by atoms with Crippen LogP contribution in [0.1, 0.15) is 24.1 Å². The topological polar surface area (TPSA) is 12.0 Å². The lowest BCUT2D eigenvalue weighted by molar-refractivity contribution is -0.144. The van der Waals surface area contributed by atoms with Crippen LogP contribution in [0.25, 0.3) is 0 Å². The molecular formula is C16H16F3N. The molecule has 20 heavy (non-hydrogen) atoms. The number of rotatable bonds is 4. The summed E-state index contributed by atoms with van der Waals surface area (Å²) in [4.78, 5) is 0. The molecule has 4 heteroatoms. The molecule has 1 nitrogen and oxygen atoms in total. The minimum atomic E-state index is -4.34. The molecule has 0 aliphatic carbocycles. The Labute approximate surface area is 116 Å². The second kappa shape index (κ2) is 5.99. The van der Waals surface area contributed by atoms with Gasteiger partial charge in [-0.05, 0) is 29.7 Å². The SMILES string of the molecule is CCc1ccc(NC(c2ccccc2)C(F)(F)F)cc1. The van der Waals surface area contributed by atoms with Crippen molar-refractivity contribution in [3.63, 3.8) is 0 Å². The number of alkyl halides is 3. The molecule has 1 atom stereocenters. The van der Waals surface area contributed by atoms with E-state index in [4.69, 9.17) is 0 Å². The average molecular weight is 279 g/mol. The van der Waals surface area contributed by atoms with Gasteiger partial charge in [0.15, 0.2) is 0 Å². The molecule has 2 aromatic carbocycles. The van der Waals surface area contributed by atoms with E-state index in [9.17, 15) is 13.2 Å². The lowest BCUT2D eigenvalue weighted by Gasteiger charge is -2.23. The van der Waals surface area contributed by atoms with Gasteiger partial charge in [-0.1, -0.05) is 49.4 Å². The molecule has 2 aromatic rings. The second-order valence-corrected chi connectivity index (χ2v) is 4.58. The lowest BCUT2D eigenvalue weighted by atomic mass is 10.1. The van der Waals surface area contributed by atoms with Crippen LogP contribution in [0, 0.1) is 0 Å². The Morgan fingerprint density at radius 1 is 0.950 bits per heavy atom. The summed E-state index contributed by atoms with van der Waals surface area (Å²) >= 11 is 0. The Balaban J connectivity index is 2.24. The van der Waals surface area contributed by atoms with Crippen molar-refractivity contribution < 1.29 is 13.2 Å². The van der Waals surface area contributed by atoms with Crippen molar-refractivity contribution in [3.8, 4) is 0 Å². The van der Waals surface area contributed by atoms with Crippen LogP contribution in [0.4, 0.5) is 18.9 Å². The third kappa shape index (κ3) is 3.53. The Morgan fingerprint density at radius 3 is 2.05 bits per heavy atom. The van der Waals surface area contributed by atoms with Crippen molar-refractivity contribution >= 4 is 5.69 Å². The summed E-state index contributed by atoms with van der Waals surface area (Å²) in [5, 5.41) is 2.56. The van der Waals surface area contributed by atoms with Crippen LogP contribution < -0.4 is 5.32 Å². The fourth-order valence-corrected chi connectivity index (χ4v) is 2.00. The molecule has 1 N–H and O–H groups in total. The summed E-state index contributed by atoms with van der Waals surface area (Å²) in [6.07, 6.45) is -3.48. The third-order valence-electron chi connectivity index (χ3n) is 3.13. The fraction of sp³-hybridized carbons (Fsp3) is 0.250. The van der Waals surface area contributed by atoms with Crippen molar-refractivity contribution in [2.75, 3.05) is 5.32 Å². The van der Waals surface area contributed by atoms with E-state index in [1.807, 2.05) is 19.1 Å². The van der Waals surface area contributed by atoms with Gasteiger partial charge in [0, 0.05) is 5.69 Å². The Kier molecular flexibility index (Phi) is 4.32. The Bertz CT molecular complexity index is 532. The third-order valence-corrected chi connectivity index (χ3v) is 3.13. The molecule has 2 rings (SSSR count). The predicted octanol–water partition coefficient (Wildman–Crippen LogP) is 4.96. The molecule has 0 saturated heterocycles. The highest BCUT2D eigenvalue weighted by atomic mass is 19.4. The Hall–Kier alpha value is -1.97. The summed E-state index contributed by atoms with van der Waals surface area (Å²) in [7, 11) is 0. The molecular weight excluding hydrogens is 263 g/mol. The maximum absolute atomic E-state index is 13.2. The summed E-state index contributed by atoms with van der Waals surface area (Å²) in [5.74, 6) is 0. The van der Waals surface area contributed by atoms with Gasteiger partial charge in [-0.3, -0.25) is 0 Å². The van der Waals surface area contributed by atoms with Crippen LogP contribution in [0.15, 0.2) is 54.6 Å². The minimum Gasteiger partial charge on any atom is -0.370 e. The highest BCUT2D eigenvalue weighted by molar-refractivity contribution is 5.47. The normalized spacial score (nSPS) is 13.0. The molecule has 0 fully saturated rings. The first kappa shape index (κ1) is 14.4. The van der Waals surface area contributed by atoms with Gasteiger partial charge in [-0.25, -0.2) is 0 Å². The van der Waals surface area contributed by atoms with Crippen molar-refractivity contribution in [3.05, 3.63) is 65.7 Å². The van der Waals surface area contributed by atoms with Crippen LogP contribution >= 0.6 is 0 Å². The molecule has 0 amide bonds. The van der Waals surface area contributed by atoms with E-state index in [0.29, 0.717) is 5.69 Å². The number of nitrogens with one attached hydrogen (secondary N) is 1. The van der Waals surface area contributed by atoms with Gasteiger partial charge in [0.25, 0.3) is 0 Å². The Morgan fingerprint density at radius 2 is 1.55 bits per heavy atom. The van der Waals surface area contributed by atoms with Gasteiger partial charge in [0.05, 0.1) is 0 Å². The number of hydrogen-bond donors (Lipinski definition) is 1. The van der Waals surface area contributed by atoms with Crippen LogP contribution in [-0.4, -0.2) is 6.18 Å². The lowest BCUT2D eigenvalue weighted by Crippen LogP contribution is -2.27. The van der Waals surface area contributed by atoms with Crippen molar-refractivity contribution in [1.82, 2.24) is 0 Å². The molecule has 0 bridgehead atoms. The van der Waals surface area contributed by atoms with Crippen molar-refractivity contribution in [2.24, 2.45) is 0 Å². The van der Waals surface area contributed by atoms with Crippen LogP contribution in [0.2, 0.25) is 0 Å². The van der Waals surface area contributed by atoms with E-state index in [0.717, 1.165) is 12.0 Å². The molecule has 0 radical (unpaired) electrons. The zero-order valence-corrected chi connectivity index (χ0v) is 11.1. The van der Waals surface area contributed by atoms with Gasteiger partial charge in [0.1, 0.15) is 6.04 Å². The van der Waals surface area contributed by atoms with E-state index in [1.54, 1.807) is 30.3 Å². The van der Waals surface area contributed by atoms with Crippen molar-refractivity contribution in [1.29, 1.82) is 0 Å². The van der Waals surface area contributed by atoms with Gasteiger partial charge in [0.2, 0.25) is 0 Å².